The Morgan fingerprint density at radius 1 is 1.00 bits per heavy atom. The van der Waals surface area contributed by atoms with Gasteiger partial charge in [0.15, 0.2) is 0 Å². The minimum absolute atomic E-state index is 0.270. The molecule has 1 unspecified atom stereocenters. The zero-order chi connectivity index (χ0) is 15.7. The van der Waals surface area contributed by atoms with Crippen LogP contribution in [0.2, 0.25) is 0 Å². The van der Waals surface area contributed by atoms with Crippen LogP contribution in [0.4, 0.5) is 5.69 Å². The molecule has 2 aromatic rings. The summed E-state index contributed by atoms with van der Waals surface area (Å²) < 4.78 is 2.09. The highest BCUT2D eigenvalue weighted by Crippen LogP contribution is 2.27. The van der Waals surface area contributed by atoms with Crippen LogP contribution >= 0.6 is 0 Å². The third kappa shape index (κ3) is 3.12. The molecule has 2 rings (SSSR count). The molecule has 0 spiro atoms. The third-order valence-corrected chi connectivity index (χ3v) is 4.21. The van der Waals surface area contributed by atoms with Crippen LogP contribution in [0.5, 0.6) is 0 Å². The van der Waals surface area contributed by atoms with E-state index in [0.717, 1.165) is 11.4 Å². The number of hydrogen-bond acceptors (Lipinski definition) is 2. The largest absolute Gasteiger partial charge is 0.376 e. The van der Waals surface area contributed by atoms with Crippen LogP contribution in [-0.2, 0) is 0 Å². The zero-order valence-corrected chi connectivity index (χ0v) is 14.3. The summed E-state index contributed by atoms with van der Waals surface area (Å²) in [6, 6.07) is 7.32. The Balaban J connectivity index is 2.27. The lowest BCUT2D eigenvalue weighted by molar-refractivity contribution is 0.516. The number of nitrogens with zero attached hydrogens (tertiary/aromatic N) is 2. The summed E-state index contributed by atoms with van der Waals surface area (Å²) in [4.78, 5) is 0. The standard InChI is InChI=1S/C18H27N3/c1-11(2)21-16(7)18(15(6)20-21)19-14(5)17-9-8-12(3)13(4)10-17/h8-11,14,19H,1-7H3. The monoisotopic (exact) mass is 285 g/mol. The molecular formula is C18H27N3. The maximum absolute atomic E-state index is 4.64. The molecule has 0 radical (unpaired) electrons. The number of hydrogen-bond donors (Lipinski definition) is 1. The second-order valence-corrected chi connectivity index (χ2v) is 6.29. The number of aryl methyl sites for hydroxylation is 3. The lowest BCUT2D eigenvalue weighted by Crippen LogP contribution is -2.09. The molecule has 1 N–H and O–H groups in total. The van der Waals surface area contributed by atoms with Crippen molar-refractivity contribution in [1.82, 2.24) is 9.78 Å². The molecule has 1 atom stereocenters. The topological polar surface area (TPSA) is 29.9 Å². The maximum atomic E-state index is 4.64. The van der Waals surface area contributed by atoms with E-state index in [0.29, 0.717) is 6.04 Å². The molecule has 3 heteroatoms. The summed E-state index contributed by atoms with van der Waals surface area (Å²) in [5.74, 6) is 0. The molecule has 0 aliphatic rings. The summed E-state index contributed by atoms with van der Waals surface area (Å²) >= 11 is 0. The summed E-state index contributed by atoms with van der Waals surface area (Å²) in [6.45, 7) is 15.1. The van der Waals surface area contributed by atoms with Gasteiger partial charge in [-0.25, -0.2) is 0 Å². The molecule has 3 nitrogen and oxygen atoms in total. The van der Waals surface area contributed by atoms with E-state index in [-0.39, 0.29) is 6.04 Å². The van der Waals surface area contributed by atoms with Gasteiger partial charge in [0.25, 0.3) is 0 Å². The van der Waals surface area contributed by atoms with Crippen molar-refractivity contribution >= 4 is 5.69 Å². The molecule has 1 aromatic carbocycles. The van der Waals surface area contributed by atoms with Crippen LogP contribution in [0.3, 0.4) is 0 Å². The number of anilines is 1. The normalized spacial score (nSPS) is 12.8. The van der Waals surface area contributed by atoms with E-state index < -0.39 is 0 Å². The number of nitrogens with one attached hydrogen (secondary N) is 1. The molecule has 0 saturated heterocycles. The van der Waals surface area contributed by atoms with Crippen molar-refractivity contribution in [1.29, 1.82) is 0 Å². The van der Waals surface area contributed by atoms with E-state index in [9.17, 15) is 0 Å². The second kappa shape index (κ2) is 5.92. The van der Waals surface area contributed by atoms with Gasteiger partial charge in [-0.3, -0.25) is 4.68 Å². The summed E-state index contributed by atoms with van der Waals surface area (Å²) in [7, 11) is 0. The molecule has 0 aliphatic heterocycles. The molecule has 0 bridgehead atoms. The minimum Gasteiger partial charge on any atom is -0.376 e. The van der Waals surface area contributed by atoms with Crippen LogP contribution in [0.25, 0.3) is 0 Å². The molecule has 1 aromatic heterocycles. The van der Waals surface area contributed by atoms with Gasteiger partial charge in [0.1, 0.15) is 0 Å². The molecule has 1 heterocycles. The Bertz CT molecular complexity index is 638. The van der Waals surface area contributed by atoms with Crippen molar-refractivity contribution in [2.75, 3.05) is 5.32 Å². The second-order valence-electron chi connectivity index (χ2n) is 6.29. The molecule has 21 heavy (non-hydrogen) atoms. The Labute approximate surface area is 128 Å². The molecule has 114 valence electrons. The van der Waals surface area contributed by atoms with Gasteiger partial charge in [-0.1, -0.05) is 18.2 Å². The zero-order valence-electron chi connectivity index (χ0n) is 14.3. The highest BCUT2D eigenvalue weighted by atomic mass is 15.3. The van der Waals surface area contributed by atoms with Crippen molar-refractivity contribution < 1.29 is 0 Å². The summed E-state index contributed by atoms with van der Waals surface area (Å²) in [5.41, 5.74) is 7.43. The molecule has 0 fully saturated rings. The van der Waals surface area contributed by atoms with Gasteiger partial charge in [0.05, 0.1) is 17.1 Å². The van der Waals surface area contributed by atoms with E-state index in [1.807, 2.05) is 0 Å². The van der Waals surface area contributed by atoms with E-state index in [2.05, 4.69) is 81.8 Å². The lowest BCUT2D eigenvalue weighted by Gasteiger charge is -2.17. The Kier molecular flexibility index (Phi) is 4.40. The minimum atomic E-state index is 0.270. The summed E-state index contributed by atoms with van der Waals surface area (Å²) in [5, 5.41) is 8.28. The Morgan fingerprint density at radius 2 is 1.67 bits per heavy atom. The first-order valence-corrected chi connectivity index (χ1v) is 7.70. The van der Waals surface area contributed by atoms with Crippen molar-refractivity contribution in [3.63, 3.8) is 0 Å². The van der Waals surface area contributed by atoms with Crippen LogP contribution in [0.15, 0.2) is 18.2 Å². The van der Waals surface area contributed by atoms with Gasteiger partial charge in [-0.05, 0) is 65.2 Å². The fourth-order valence-electron chi connectivity index (χ4n) is 2.71. The van der Waals surface area contributed by atoms with Gasteiger partial charge >= 0.3 is 0 Å². The first-order chi connectivity index (χ1) is 9.81. The smallest absolute Gasteiger partial charge is 0.0828 e. The highest BCUT2D eigenvalue weighted by molar-refractivity contribution is 5.54. The first-order valence-electron chi connectivity index (χ1n) is 7.70. The van der Waals surface area contributed by atoms with Crippen molar-refractivity contribution in [2.24, 2.45) is 0 Å². The van der Waals surface area contributed by atoms with E-state index >= 15 is 0 Å². The SMILES string of the molecule is Cc1ccc(C(C)Nc2c(C)nn(C(C)C)c2C)cc1C. The number of rotatable bonds is 4. The fourth-order valence-corrected chi connectivity index (χ4v) is 2.71. The van der Waals surface area contributed by atoms with Gasteiger partial charge in [0.2, 0.25) is 0 Å². The third-order valence-electron chi connectivity index (χ3n) is 4.21. The maximum Gasteiger partial charge on any atom is 0.0828 e. The van der Waals surface area contributed by atoms with Crippen molar-refractivity contribution in [3.05, 3.63) is 46.3 Å². The Morgan fingerprint density at radius 3 is 2.19 bits per heavy atom. The molecule has 0 amide bonds. The van der Waals surface area contributed by atoms with Gasteiger partial charge in [0, 0.05) is 12.1 Å². The predicted molar refractivity (Wildman–Crippen MR) is 90.0 cm³/mol. The van der Waals surface area contributed by atoms with Crippen molar-refractivity contribution in [3.8, 4) is 0 Å². The lowest BCUT2D eigenvalue weighted by atomic mass is 10.0. The molecular weight excluding hydrogens is 258 g/mol. The van der Waals surface area contributed by atoms with Crippen LogP contribution in [0, 0.1) is 27.7 Å². The molecule has 0 aliphatic carbocycles. The predicted octanol–water partition coefficient (Wildman–Crippen LogP) is 4.87. The van der Waals surface area contributed by atoms with E-state index in [1.54, 1.807) is 0 Å². The highest BCUT2D eigenvalue weighted by Gasteiger charge is 2.16. The summed E-state index contributed by atoms with van der Waals surface area (Å²) in [6.07, 6.45) is 0. The number of aromatic nitrogens is 2. The van der Waals surface area contributed by atoms with Crippen LogP contribution in [-0.4, -0.2) is 9.78 Å². The van der Waals surface area contributed by atoms with Crippen LogP contribution in [0.1, 0.15) is 60.9 Å². The van der Waals surface area contributed by atoms with Gasteiger partial charge in [-0.15, -0.1) is 0 Å². The van der Waals surface area contributed by atoms with Crippen LogP contribution < -0.4 is 5.32 Å². The van der Waals surface area contributed by atoms with Gasteiger partial charge in [-0.2, -0.15) is 5.10 Å². The quantitative estimate of drug-likeness (QED) is 0.868. The van der Waals surface area contributed by atoms with Gasteiger partial charge < -0.3 is 5.32 Å². The first kappa shape index (κ1) is 15.6. The number of benzene rings is 1. The average Bonchev–Trinajstić information content (AvgIpc) is 2.70. The van der Waals surface area contributed by atoms with Crippen molar-refractivity contribution in [2.45, 2.75) is 60.5 Å². The average molecular weight is 285 g/mol. The van der Waals surface area contributed by atoms with E-state index in [4.69, 9.17) is 0 Å². The van der Waals surface area contributed by atoms with E-state index in [1.165, 1.54) is 22.4 Å². The Hall–Kier alpha value is -1.77. The molecule has 0 saturated carbocycles. The fraction of sp³-hybridized carbons (Fsp3) is 0.500.